The lowest BCUT2D eigenvalue weighted by Crippen LogP contribution is -2.34. The average Bonchev–Trinajstić information content (AvgIpc) is 2.08. The number of halogens is 3. The van der Waals surface area contributed by atoms with E-state index in [0.29, 0.717) is 19.0 Å². The molecule has 1 atom stereocenters. The molecular formula is C9H19F3N2. The van der Waals surface area contributed by atoms with Crippen molar-refractivity contribution in [3.8, 4) is 0 Å². The molecule has 0 aromatic rings. The van der Waals surface area contributed by atoms with E-state index in [1.165, 1.54) is 0 Å². The lowest BCUT2D eigenvalue weighted by atomic mass is 10.2. The molecule has 2 N–H and O–H groups in total. The minimum atomic E-state index is -4.00. The van der Waals surface area contributed by atoms with Crippen LogP contribution in [0, 0.1) is 0 Å². The maximum atomic E-state index is 11.7. The average molecular weight is 212 g/mol. The summed E-state index contributed by atoms with van der Waals surface area (Å²) in [5.74, 6) is 0. The second-order valence-electron chi connectivity index (χ2n) is 3.47. The highest BCUT2D eigenvalue weighted by Crippen LogP contribution is 2.21. The van der Waals surface area contributed by atoms with Gasteiger partial charge in [-0.1, -0.05) is 0 Å². The Kier molecular flexibility index (Phi) is 6.92. The quantitative estimate of drug-likeness (QED) is 0.630. The molecule has 86 valence electrons. The molecule has 0 aromatic heterocycles. The van der Waals surface area contributed by atoms with Crippen molar-refractivity contribution >= 4 is 0 Å². The summed E-state index contributed by atoms with van der Waals surface area (Å²) in [5, 5.41) is 6.13. The van der Waals surface area contributed by atoms with Crippen molar-refractivity contribution in [3.05, 3.63) is 0 Å². The van der Waals surface area contributed by atoms with Crippen molar-refractivity contribution in [1.29, 1.82) is 0 Å². The molecule has 0 bridgehead atoms. The molecule has 0 aliphatic carbocycles. The highest BCUT2D eigenvalue weighted by Gasteiger charge is 2.25. The van der Waals surface area contributed by atoms with Crippen LogP contribution in [0.1, 0.15) is 26.2 Å². The van der Waals surface area contributed by atoms with Gasteiger partial charge in [-0.05, 0) is 33.4 Å². The Balaban J connectivity index is 3.14. The molecule has 0 saturated heterocycles. The lowest BCUT2D eigenvalue weighted by Gasteiger charge is -2.11. The third kappa shape index (κ3) is 9.80. The summed E-state index contributed by atoms with van der Waals surface area (Å²) >= 11 is 0. The van der Waals surface area contributed by atoms with Crippen LogP contribution in [0.5, 0.6) is 0 Å². The third-order valence-electron chi connectivity index (χ3n) is 2.01. The maximum Gasteiger partial charge on any atom is 0.389 e. The summed E-state index contributed by atoms with van der Waals surface area (Å²) in [6.07, 6.45) is -3.88. The molecule has 1 unspecified atom stereocenters. The third-order valence-corrected chi connectivity index (χ3v) is 2.01. The number of hydrogen-bond donors (Lipinski definition) is 2. The molecule has 0 aliphatic rings. The van der Waals surface area contributed by atoms with E-state index in [0.717, 1.165) is 6.54 Å². The molecule has 0 saturated carbocycles. The number of hydrogen-bond acceptors (Lipinski definition) is 2. The molecule has 0 rings (SSSR count). The van der Waals surface area contributed by atoms with Gasteiger partial charge in [0.15, 0.2) is 0 Å². The number of nitrogens with one attached hydrogen (secondary N) is 2. The van der Waals surface area contributed by atoms with E-state index in [-0.39, 0.29) is 6.42 Å². The zero-order chi connectivity index (χ0) is 11.0. The van der Waals surface area contributed by atoms with E-state index >= 15 is 0 Å². The number of likely N-dealkylation sites (N-methyl/N-ethyl adjacent to an activating group) is 1. The first-order chi connectivity index (χ1) is 6.45. The fraction of sp³-hybridized carbons (Fsp3) is 1.00. The topological polar surface area (TPSA) is 24.1 Å². The Morgan fingerprint density at radius 3 is 2.36 bits per heavy atom. The van der Waals surface area contributed by atoms with E-state index in [1.54, 1.807) is 0 Å². The van der Waals surface area contributed by atoms with E-state index in [2.05, 4.69) is 10.6 Å². The largest absolute Gasteiger partial charge is 0.389 e. The van der Waals surface area contributed by atoms with Gasteiger partial charge in [0.25, 0.3) is 0 Å². The smallest absolute Gasteiger partial charge is 0.316 e. The van der Waals surface area contributed by atoms with Gasteiger partial charge in [-0.2, -0.15) is 13.2 Å². The van der Waals surface area contributed by atoms with Crippen LogP contribution in [0.3, 0.4) is 0 Å². The van der Waals surface area contributed by atoms with Crippen molar-refractivity contribution < 1.29 is 13.2 Å². The fourth-order valence-corrected chi connectivity index (χ4v) is 0.996. The first kappa shape index (κ1) is 13.7. The highest BCUT2D eigenvalue weighted by atomic mass is 19.4. The molecule has 2 nitrogen and oxygen atoms in total. The molecule has 0 aromatic carbocycles. The molecule has 0 aliphatic heterocycles. The van der Waals surface area contributed by atoms with Gasteiger partial charge < -0.3 is 10.6 Å². The first-order valence-electron chi connectivity index (χ1n) is 4.90. The van der Waals surface area contributed by atoms with Crippen LogP contribution in [0.25, 0.3) is 0 Å². The molecule has 0 radical (unpaired) electrons. The minimum Gasteiger partial charge on any atom is -0.316 e. The first-order valence-corrected chi connectivity index (χ1v) is 4.90. The van der Waals surface area contributed by atoms with Gasteiger partial charge in [0.1, 0.15) is 0 Å². The fourth-order valence-electron chi connectivity index (χ4n) is 0.996. The maximum absolute atomic E-state index is 11.7. The van der Waals surface area contributed by atoms with Crippen LogP contribution >= 0.6 is 0 Å². The predicted octanol–water partition coefficient (Wildman–Crippen LogP) is 1.92. The Morgan fingerprint density at radius 1 is 1.21 bits per heavy atom. The number of alkyl halides is 3. The Labute approximate surface area is 83.3 Å². The summed E-state index contributed by atoms with van der Waals surface area (Å²) in [6, 6.07) is 0.359. The Bertz CT molecular complexity index is 137. The summed E-state index contributed by atoms with van der Waals surface area (Å²) in [4.78, 5) is 0. The zero-order valence-corrected chi connectivity index (χ0v) is 8.75. The summed E-state index contributed by atoms with van der Waals surface area (Å²) in [7, 11) is 1.86. The lowest BCUT2D eigenvalue weighted by molar-refractivity contribution is -0.135. The highest BCUT2D eigenvalue weighted by molar-refractivity contribution is 4.61. The molecular weight excluding hydrogens is 193 g/mol. The normalized spacial score (nSPS) is 14.4. The molecule has 0 spiro atoms. The second-order valence-corrected chi connectivity index (χ2v) is 3.47. The van der Waals surface area contributed by atoms with Crippen molar-refractivity contribution in [2.45, 2.75) is 38.4 Å². The van der Waals surface area contributed by atoms with Gasteiger partial charge in [0.05, 0.1) is 0 Å². The van der Waals surface area contributed by atoms with E-state index in [4.69, 9.17) is 0 Å². The van der Waals surface area contributed by atoms with Crippen LogP contribution in [0.2, 0.25) is 0 Å². The van der Waals surface area contributed by atoms with Crippen LogP contribution in [-0.4, -0.2) is 32.4 Å². The molecule has 5 heteroatoms. The van der Waals surface area contributed by atoms with Gasteiger partial charge >= 0.3 is 6.18 Å². The van der Waals surface area contributed by atoms with Gasteiger partial charge in [-0.15, -0.1) is 0 Å². The monoisotopic (exact) mass is 212 g/mol. The molecule has 14 heavy (non-hydrogen) atoms. The summed E-state index contributed by atoms with van der Waals surface area (Å²) in [6.45, 7) is 3.47. The SMILES string of the molecule is CNC(C)CNCCCCC(F)(F)F. The van der Waals surface area contributed by atoms with Crippen molar-refractivity contribution in [2.24, 2.45) is 0 Å². The Morgan fingerprint density at radius 2 is 1.86 bits per heavy atom. The number of unbranched alkanes of at least 4 members (excludes halogenated alkanes) is 1. The molecule has 0 heterocycles. The van der Waals surface area contributed by atoms with E-state index in [1.807, 2.05) is 14.0 Å². The van der Waals surface area contributed by atoms with Gasteiger partial charge in [0, 0.05) is 19.0 Å². The van der Waals surface area contributed by atoms with E-state index < -0.39 is 12.6 Å². The second kappa shape index (κ2) is 7.06. The van der Waals surface area contributed by atoms with Crippen LogP contribution in [0.15, 0.2) is 0 Å². The predicted molar refractivity (Wildman–Crippen MR) is 51.3 cm³/mol. The van der Waals surface area contributed by atoms with Crippen molar-refractivity contribution in [3.63, 3.8) is 0 Å². The van der Waals surface area contributed by atoms with Gasteiger partial charge in [-0.25, -0.2) is 0 Å². The van der Waals surface area contributed by atoms with Crippen molar-refractivity contribution in [2.75, 3.05) is 20.1 Å². The Hall–Kier alpha value is -0.290. The van der Waals surface area contributed by atoms with Crippen LogP contribution in [-0.2, 0) is 0 Å². The summed E-state index contributed by atoms with van der Waals surface area (Å²) in [5.41, 5.74) is 0. The van der Waals surface area contributed by atoms with Gasteiger partial charge in [-0.3, -0.25) is 0 Å². The van der Waals surface area contributed by atoms with Crippen molar-refractivity contribution in [1.82, 2.24) is 10.6 Å². The van der Waals surface area contributed by atoms with Crippen LogP contribution < -0.4 is 10.6 Å². The minimum absolute atomic E-state index is 0.213. The summed E-state index contributed by atoms with van der Waals surface area (Å²) < 4.78 is 35.2. The van der Waals surface area contributed by atoms with Crippen LogP contribution in [0.4, 0.5) is 13.2 Å². The van der Waals surface area contributed by atoms with E-state index in [9.17, 15) is 13.2 Å². The molecule has 0 amide bonds. The number of rotatable bonds is 7. The standard InChI is InChI=1S/C9H19F3N2/c1-8(13-2)7-14-6-4-3-5-9(10,11)12/h8,13-14H,3-7H2,1-2H3. The molecule has 0 fully saturated rings. The zero-order valence-electron chi connectivity index (χ0n) is 8.75. The van der Waals surface area contributed by atoms with Gasteiger partial charge in [0.2, 0.25) is 0 Å².